The maximum absolute atomic E-state index is 3.72. The minimum Gasteiger partial charge on any atom is -0.0879 e. The van der Waals surface area contributed by atoms with Crippen molar-refractivity contribution in [2.45, 2.75) is 71.1 Å². The maximum Gasteiger partial charge on any atom is 0.00838 e. The van der Waals surface area contributed by atoms with Gasteiger partial charge in [0.15, 0.2) is 0 Å². The van der Waals surface area contributed by atoms with Crippen LogP contribution in [-0.2, 0) is 0 Å². The Morgan fingerprint density at radius 2 is 1.88 bits per heavy atom. The van der Waals surface area contributed by atoms with E-state index in [9.17, 15) is 0 Å². The van der Waals surface area contributed by atoms with Crippen LogP contribution in [0.2, 0.25) is 0 Å². The molecular weight excluding hydrogens is 272 g/mol. The fourth-order valence-electron chi connectivity index (χ4n) is 2.36. The Kier molecular flexibility index (Phi) is 8.78. The Balaban J connectivity index is 1.95. The van der Waals surface area contributed by atoms with Crippen LogP contribution in [0.4, 0.5) is 0 Å². The smallest absolute Gasteiger partial charge is 0.00838 e. The fraction of sp³-hybridized carbons (Fsp3) is 0.750. The summed E-state index contributed by atoms with van der Waals surface area (Å²) in [6, 6.07) is 0. The molecule has 1 atom stereocenters. The van der Waals surface area contributed by atoms with Crippen molar-refractivity contribution in [3.05, 3.63) is 22.7 Å². The summed E-state index contributed by atoms with van der Waals surface area (Å²) < 4.78 is 1.41. The second-order valence-corrected chi connectivity index (χ2v) is 6.03. The molecule has 0 saturated heterocycles. The van der Waals surface area contributed by atoms with Gasteiger partial charge in [-0.1, -0.05) is 79.6 Å². The van der Waals surface area contributed by atoms with Crippen LogP contribution in [0, 0.1) is 5.92 Å². The van der Waals surface area contributed by atoms with Gasteiger partial charge in [0.1, 0.15) is 0 Å². The standard InChI is InChI=1S/C16H27Br/c1-2-3-4-5-6-7-8-9-14-16(17)15-12-10-11-13-15/h10,12,14-15H,2-9,11,13H2,1H3/b16-14-/t15-/m1/s1. The summed E-state index contributed by atoms with van der Waals surface area (Å²) >= 11 is 3.72. The Morgan fingerprint density at radius 3 is 2.53 bits per heavy atom. The van der Waals surface area contributed by atoms with Gasteiger partial charge in [0.25, 0.3) is 0 Å². The first-order valence-electron chi connectivity index (χ1n) is 7.36. The minimum absolute atomic E-state index is 0.680. The van der Waals surface area contributed by atoms with Crippen molar-refractivity contribution in [2.75, 3.05) is 0 Å². The maximum atomic E-state index is 3.72. The number of rotatable bonds is 9. The molecular formula is C16H27Br. The Labute approximate surface area is 116 Å². The van der Waals surface area contributed by atoms with Crippen LogP contribution in [-0.4, -0.2) is 0 Å². The Bertz CT molecular complexity index is 240. The molecule has 1 aliphatic carbocycles. The molecule has 0 amide bonds. The summed E-state index contributed by atoms with van der Waals surface area (Å²) in [5, 5.41) is 0. The van der Waals surface area contributed by atoms with Crippen molar-refractivity contribution in [1.29, 1.82) is 0 Å². The molecule has 1 heteroatoms. The first-order valence-corrected chi connectivity index (χ1v) is 8.16. The zero-order valence-electron chi connectivity index (χ0n) is 11.3. The summed E-state index contributed by atoms with van der Waals surface area (Å²) in [6.07, 6.45) is 20.7. The summed E-state index contributed by atoms with van der Waals surface area (Å²) in [5.74, 6) is 0.680. The highest BCUT2D eigenvalue weighted by Crippen LogP contribution is 2.29. The van der Waals surface area contributed by atoms with Crippen LogP contribution >= 0.6 is 15.9 Å². The van der Waals surface area contributed by atoms with Gasteiger partial charge in [0.05, 0.1) is 0 Å². The molecule has 0 saturated carbocycles. The fourth-order valence-corrected chi connectivity index (χ4v) is 2.97. The van der Waals surface area contributed by atoms with Crippen molar-refractivity contribution in [3.63, 3.8) is 0 Å². The van der Waals surface area contributed by atoms with E-state index in [2.05, 4.69) is 41.1 Å². The first kappa shape index (κ1) is 15.0. The van der Waals surface area contributed by atoms with E-state index >= 15 is 0 Å². The van der Waals surface area contributed by atoms with E-state index in [4.69, 9.17) is 0 Å². The van der Waals surface area contributed by atoms with E-state index in [0.29, 0.717) is 5.92 Å². The molecule has 0 bridgehead atoms. The van der Waals surface area contributed by atoms with E-state index in [1.807, 2.05) is 0 Å². The van der Waals surface area contributed by atoms with Crippen LogP contribution in [0.25, 0.3) is 0 Å². The lowest BCUT2D eigenvalue weighted by Gasteiger charge is -2.06. The van der Waals surface area contributed by atoms with Crippen LogP contribution in [0.15, 0.2) is 22.7 Å². The van der Waals surface area contributed by atoms with Crippen molar-refractivity contribution < 1.29 is 0 Å². The molecule has 0 fully saturated rings. The zero-order chi connectivity index (χ0) is 12.3. The number of allylic oxidation sites excluding steroid dienone is 4. The lowest BCUT2D eigenvalue weighted by molar-refractivity contribution is 0.591. The van der Waals surface area contributed by atoms with Crippen LogP contribution < -0.4 is 0 Å². The molecule has 1 aliphatic rings. The van der Waals surface area contributed by atoms with Gasteiger partial charge in [0, 0.05) is 5.92 Å². The van der Waals surface area contributed by atoms with E-state index in [0.717, 1.165) is 0 Å². The second-order valence-electron chi connectivity index (χ2n) is 5.11. The number of hydrogen-bond acceptors (Lipinski definition) is 0. The van der Waals surface area contributed by atoms with Crippen LogP contribution in [0.5, 0.6) is 0 Å². The van der Waals surface area contributed by atoms with Gasteiger partial charge in [-0.15, -0.1) is 0 Å². The zero-order valence-corrected chi connectivity index (χ0v) is 12.8. The first-order chi connectivity index (χ1) is 8.34. The highest BCUT2D eigenvalue weighted by atomic mass is 79.9. The van der Waals surface area contributed by atoms with E-state index in [1.54, 1.807) is 0 Å². The van der Waals surface area contributed by atoms with Gasteiger partial charge in [-0.05, 0) is 30.2 Å². The highest BCUT2D eigenvalue weighted by molar-refractivity contribution is 9.11. The number of unbranched alkanes of at least 4 members (excludes halogenated alkanes) is 7. The van der Waals surface area contributed by atoms with Crippen LogP contribution in [0.3, 0.4) is 0 Å². The molecule has 0 aromatic carbocycles. The Morgan fingerprint density at radius 1 is 1.18 bits per heavy atom. The van der Waals surface area contributed by atoms with Gasteiger partial charge >= 0.3 is 0 Å². The SMILES string of the molecule is CCCCCCCCC/C=C(\Br)[C@@H]1C=CCC1. The number of hydrogen-bond donors (Lipinski definition) is 0. The molecule has 0 aromatic heterocycles. The molecule has 0 heterocycles. The number of halogens is 1. The topological polar surface area (TPSA) is 0 Å². The molecule has 0 aromatic rings. The highest BCUT2D eigenvalue weighted by Gasteiger charge is 2.11. The van der Waals surface area contributed by atoms with Gasteiger partial charge in [-0.25, -0.2) is 0 Å². The summed E-state index contributed by atoms with van der Waals surface area (Å²) in [5.41, 5.74) is 0. The predicted octanol–water partition coefficient (Wildman–Crippen LogP) is 6.37. The third-order valence-electron chi connectivity index (χ3n) is 3.51. The molecule has 17 heavy (non-hydrogen) atoms. The molecule has 0 spiro atoms. The summed E-state index contributed by atoms with van der Waals surface area (Å²) in [6.45, 7) is 2.28. The molecule has 98 valence electrons. The monoisotopic (exact) mass is 298 g/mol. The molecule has 0 radical (unpaired) electrons. The van der Waals surface area contributed by atoms with E-state index in [-0.39, 0.29) is 0 Å². The van der Waals surface area contributed by atoms with E-state index in [1.165, 1.54) is 68.7 Å². The predicted molar refractivity (Wildman–Crippen MR) is 81.5 cm³/mol. The quantitative estimate of drug-likeness (QED) is 0.342. The molecule has 0 nitrogen and oxygen atoms in total. The second kappa shape index (κ2) is 9.94. The normalized spacial score (nSPS) is 20.1. The lowest BCUT2D eigenvalue weighted by atomic mass is 10.1. The summed E-state index contributed by atoms with van der Waals surface area (Å²) in [4.78, 5) is 0. The minimum atomic E-state index is 0.680. The molecule has 0 aliphatic heterocycles. The lowest BCUT2D eigenvalue weighted by Crippen LogP contribution is -1.90. The largest absolute Gasteiger partial charge is 0.0879 e. The third kappa shape index (κ3) is 7.08. The molecule has 0 N–H and O–H groups in total. The van der Waals surface area contributed by atoms with Crippen molar-refractivity contribution in [3.8, 4) is 0 Å². The van der Waals surface area contributed by atoms with Gasteiger partial charge in [-0.2, -0.15) is 0 Å². The molecule has 0 unspecified atom stereocenters. The van der Waals surface area contributed by atoms with Gasteiger partial charge < -0.3 is 0 Å². The third-order valence-corrected chi connectivity index (χ3v) is 4.43. The Hall–Kier alpha value is -0.0400. The van der Waals surface area contributed by atoms with Gasteiger partial charge in [-0.3, -0.25) is 0 Å². The summed E-state index contributed by atoms with van der Waals surface area (Å²) in [7, 11) is 0. The van der Waals surface area contributed by atoms with Crippen molar-refractivity contribution in [2.24, 2.45) is 5.92 Å². The molecule has 1 rings (SSSR count). The average Bonchev–Trinajstić information content (AvgIpc) is 2.86. The van der Waals surface area contributed by atoms with Crippen molar-refractivity contribution in [1.82, 2.24) is 0 Å². The van der Waals surface area contributed by atoms with Gasteiger partial charge in [0.2, 0.25) is 0 Å². The average molecular weight is 299 g/mol. The van der Waals surface area contributed by atoms with Crippen LogP contribution in [0.1, 0.15) is 71.1 Å². The van der Waals surface area contributed by atoms with E-state index < -0.39 is 0 Å². The van der Waals surface area contributed by atoms with Crippen molar-refractivity contribution >= 4 is 15.9 Å².